The van der Waals surface area contributed by atoms with E-state index in [0.29, 0.717) is 12.1 Å². The molecule has 0 saturated carbocycles. The zero-order valence-corrected chi connectivity index (χ0v) is 12.8. The van der Waals surface area contributed by atoms with Gasteiger partial charge in [0.05, 0.1) is 5.56 Å². The molecule has 0 aliphatic carbocycles. The zero-order valence-electron chi connectivity index (χ0n) is 11.2. The Morgan fingerprint density at radius 1 is 1.25 bits per heavy atom. The number of fused-ring (bicyclic) bond motifs is 1. The molecule has 0 radical (unpaired) electrons. The molecule has 4 heteroatoms. The third-order valence-corrected chi connectivity index (χ3v) is 4.78. The van der Waals surface area contributed by atoms with Crippen LogP contribution in [0.3, 0.4) is 0 Å². The Balaban J connectivity index is 2.02. The van der Waals surface area contributed by atoms with Gasteiger partial charge in [-0.05, 0) is 53.0 Å². The fourth-order valence-electron chi connectivity index (χ4n) is 2.63. The summed E-state index contributed by atoms with van der Waals surface area (Å²) < 4.78 is 0.863. The van der Waals surface area contributed by atoms with E-state index in [0.717, 1.165) is 33.4 Å². The first-order chi connectivity index (χ1) is 9.59. The van der Waals surface area contributed by atoms with Crippen LogP contribution in [0.25, 0.3) is 0 Å². The Kier molecular flexibility index (Phi) is 3.26. The topological polar surface area (TPSA) is 46.3 Å². The molecule has 1 aliphatic heterocycles. The summed E-state index contributed by atoms with van der Waals surface area (Å²) in [7, 11) is 0. The van der Waals surface area contributed by atoms with Crippen molar-refractivity contribution in [1.29, 1.82) is 0 Å². The maximum absolute atomic E-state index is 12.7. The summed E-state index contributed by atoms with van der Waals surface area (Å²) in [5, 5.41) is 0. The number of halogens is 1. The molecule has 102 valence electrons. The second-order valence-electron chi connectivity index (χ2n) is 4.99. The van der Waals surface area contributed by atoms with E-state index in [-0.39, 0.29) is 5.91 Å². The Bertz CT molecular complexity index is 697. The summed E-state index contributed by atoms with van der Waals surface area (Å²) in [6, 6.07) is 11.5. The number of hydrogen-bond acceptors (Lipinski definition) is 2. The first-order valence-corrected chi connectivity index (χ1v) is 7.33. The number of amides is 1. The largest absolute Gasteiger partial charge is 0.398 e. The number of nitrogen functional groups attached to an aromatic ring is 1. The van der Waals surface area contributed by atoms with Crippen molar-refractivity contribution in [3.63, 3.8) is 0 Å². The van der Waals surface area contributed by atoms with Crippen LogP contribution in [-0.4, -0.2) is 12.5 Å². The molecule has 1 heterocycles. The average Bonchev–Trinajstić information content (AvgIpc) is 2.86. The molecule has 20 heavy (non-hydrogen) atoms. The molecule has 1 aliphatic rings. The summed E-state index contributed by atoms with van der Waals surface area (Å²) in [4.78, 5) is 14.6. The van der Waals surface area contributed by atoms with E-state index < -0.39 is 0 Å². The molecule has 2 aromatic rings. The summed E-state index contributed by atoms with van der Waals surface area (Å²) >= 11 is 3.51. The Hall–Kier alpha value is -1.81. The molecule has 0 spiro atoms. The fourth-order valence-corrected chi connectivity index (χ4v) is 3.06. The van der Waals surface area contributed by atoms with Crippen LogP contribution in [-0.2, 0) is 6.42 Å². The lowest BCUT2D eigenvalue weighted by Crippen LogP contribution is -2.29. The molecule has 0 fully saturated rings. The van der Waals surface area contributed by atoms with Crippen molar-refractivity contribution in [2.24, 2.45) is 0 Å². The van der Waals surface area contributed by atoms with Gasteiger partial charge in [0.1, 0.15) is 0 Å². The van der Waals surface area contributed by atoms with E-state index >= 15 is 0 Å². The van der Waals surface area contributed by atoms with Gasteiger partial charge < -0.3 is 10.6 Å². The summed E-state index contributed by atoms with van der Waals surface area (Å²) in [6.07, 6.45) is 0.817. The van der Waals surface area contributed by atoms with Crippen molar-refractivity contribution in [2.75, 3.05) is 17.2 Å². The molecule has 0 bridgehead atoms. The minimum Gasteiger partial charge on any atom is -0.398 e. The van der Waals surface area contributed by atoms with Crippen LogP contribution >= 0.6 is 15.9 Å². The predicted octanol–water partition coefficient (Wildman–Crippen LogP) is 3.54. The molecular formula is C16H15BrN2O. The summed E-state index contributed by atoms with van der Waals surface area (Å²) in [5.41, 5.74) is 10.5. The van der Waals surface area contributed by atoms with E-state index in [9.17, 15) is 4.79 Å². The third kappa shape index (κ3) is 2.00. The van der Waals surface area contributed by atoms with E-state index in [1.54, 1.807) is 0 Å². The SMILES string of the molecule is Cc1cccc(C(=O)N2CCc3c(N)cccc32)c1Br. The summed E-state index contributed by atoms with van der Waals surface area (Å²) in [5.74, 6) is 0.0184. The number of rotatable bonds is 1. The predicted molar refractivity (Wildman–Crippen MR) is 85.1 cm³/mol. The van der Waals surface area contributed by atoms with Crippen molar-refractivity contribution in [1.82, 2.24) is 0 Å². The highest BCUT2D eigenvalue weighted by Gasteiger charge is 2.27. The lowest BCUT2D eigenvalue weighted by atomic mass is 10.1. The number of carbonyl (C=O) groups excluding carboxylic acids is 1. The number of nitrogens with zero attached hydrogens (tertiary/aromatic N) is 1. The monoisotopic (exact) mass is 330 g/mol. The van der Waals surface area contributed by atoms with Gasteiger partial charge in [-0.15, -0.1) is 0 Å². The maximum atomic E-state index is 12.7. The standard InChI is InChI=1S/C16H15BrN2O/c1-10-4-2-5-12(15(10)17)16(20)19-9-8-11-13(18)6-3-7-14(11)19/h2-7H,8-9,18H2,1H3. The van der Waals surface area contributed by atoms with Gasteiger partial charge in [0.25, 0.3) is 5.91 Å². The average molecular weight is 331 g/mol. The van der Waals surface area contributed by atoms with Crippen molar-refractivity contribution in [3.8, 4) is 0 Å². The van der Waals surface area contributed by atoms with E-state index in [4.69, 9.17) is 5.73 Å². The van der Waals surface area contributed by atoms with Crippen LogP contribution in [0.15, 0.2) is 40.9 Å². The highest BCUT2D eigenvalue weighted by molar-refractivity contribution is 9.10. The Labute approximate surface area is 126 Å². The Morgan fingerprint density at radius 2 is 2.00 bits per heavy atom. The van der Waals surface area contributed by atoms with Crippen molar-refractivity contribution in [3.05, 3.63) is 57.6 Å². The lowest BCUT2D eigenvalue weighted by Gasteiger charge is -2.19. The normalized spacial score (nSPS) is 13.4. The first-order valence-electron chi connectivity index (χ1n) is 6.54. The van der Waals surface area contributed by atoms with Gasteiger partial charge in [-0.25, -0.2) is 0 Å². The molecule has 3 rings (SSSR count). The number of hydrogen-bond donors (Lipinski definition) is 1. The second-order valence-corrected chi connectivity index (χ2v) is 5.78. The van der Waals surface area contributed by atoms with Gasteiger partial charge >= 0.3 is 0 Å². The smallest absolute Gasteiger partial charge is 0.259 e. The molecule has 3 nitrogen and oxygen atoms in total. The van der Waals surface area contributed by atoms with Crippen molar-refractivity contribution in [2.45, 2.75) is 13.3 Å². The van der Waals surface area contributed by atoms with Crippen LogP contribution in [0.2, 0.25) is 0 Å². The molecule has 2 aromatic carbocycles. The van der Waals surface area contributed by atoms with E-state index in [1.807, 2.05) is 48.2 Å². The van der Waals surface area contributed by atoms with Gasteiger partial charge in [-0.3, -0.25) is 4.79 Å². The minimum atomic E-state index is 0.0184. The van der Waals surface area contributed by atoms with Crippen LogP contribution in [0.1, 0.15) is 21.5 Å². The Morgan fingerprint density at radius 3 is 2.80 bits per heavy atom. The third-order valence-electron chi connectivity index (χ3n) is 3.73. The van der Waals surface area contributed by atoms with Crippen molar-refractivity contribution >= 4 is 33.2 Å². The molecular weight excluding hydrogens is 316 g/mol. The lowest BCUT2D eigenvalue weighted by molar-refractivity contribution is 0.0988. The minimum absolute atomic E-state index is 0.0184. The van der Waals surface area contributed by atoms with Crippen LogP contribution in [0, 0.1) is 6.92 Å². The van der Waals surface area contributed by atoms with Crippen molar-refractivity contribution < 1.29 is 4.79 Å². The van der Waals surface area contributed by atoms with E-state index in [1.165, 1.54) is 0 Å². The van der Waals surface area contributed by atoms with Crippen LogP contribution in [0.4, 0.5) is 11.4 Å². The number of aryl methyl sites for hydroxylation is 1. The number of carbonyl (C=O) groups is 1. The highest BCUT2D eigenvalue weighted by atomic mass is 79.9. The van der Waals surface area contributed by atoms with E-state index in [2.05, 4.69) is 15.9 Å². The van der Waals surface area contributed by atoms with Gasteiger partial charge in [0, 0.05) is 28.0 Å². The van der Waals surface area contributed by atoms with Gasteiger partial charge in [0.2, 0.25) is 0 Å². The number of benzene rings is 2. The molecule has 0 unspecified atom stereocenters. The van der Waals surface area contributed by atoms with Crippen LogP contribution < -0.4 is 10.6 Å². The highest BCUT2D eigenvalue weighted by Crippen LogP contribution is 2.34. The maximum Gasteiger partial charge on any atom is 0.259 e. The van der Waals surface area contributed by atoms with Gasteiger partial charge in [-0.1, -0.05) is 18.2 Å². The van der Waals surface area contributed by atoms with Gasteiger partial charge in [-0.2, -0.15) is 0 Å². The summed E-state index contributed by atoms with van der Waals surface area (Å²) in [6.45, 7) is 2.67. The molecule has 2 N–H and O–H groups in total. The molecule has 0 saturated heterocycles. The molecule has 0 aromatic heterocycles. The second kappa shape index (κ2) is 4.94. The molecule has 0 atom stereocenters. The first kappa shape index (κ1) is 13.2. The quantitative estimate of drug-likeness (QED) is 0.813. The zero-order chi connectivity index (χ0) is 14.3. The van der Waals surface area contributed by atoms with Crippen LogP contribution in [0.5, 0.6) is 0 Å². The fraction of sp³-hybridized carbons (Fsp3) is 0.188. The van der Waals surface area contributed by atoms with Gasteiger partial charge in [0.15, 0.2) is 0 Å². The number of anilines is 2. The molecule has 1 amide bonds. The number of nitrogens with two attached hydrogens (primary N) is 1.